The number of aromatic nitrogens is 2. The van der Waals surface area contributed by atoms with E-state index in [1.165, 1.54) is 0 Å². The van der Waals surface area contributed by atoms with E-state index in [1.807, 2.05) is 60.7 Å². The van der Waals surface area contributed by atoms with Crippen LogP contribution < -0.4 is 10.2 Å². The zero-order valence-corrected chi connectivity index (χ0v) is 16.7. The van der Waals surface area contributed by atoms with Gasteiger partial charge in [-0.3, -0.25) is 4.79 Å². The molecule has 4 rings (SSSR count). The molecular formula is C22H21ClN4O2. The van der Waals surface area contributed by atoms with Crippen LogP contribution in [0.5, 0.6) is 0 Å². The monoisotopic (exact) mass is 408 g/mol. The van der Waals surface area contributed by atoms with Crippen LogP contribution in [0.15, 0.2) is 66.7 Å². The molecular weight excluding hydrogens is 388 g/mol. The summed E-state index contributed by atoms with van der Waals surface area (Å²) >= 11 is 6.12. The number of morpholine rings is 1. The molecule has 0 saturated carbocycles. The fourth-order valence-electron chi connectivity index (χ4n) is 3.30. The highest BCUT2D eigenvalue weighted by Gasteiger charge is 2.28. The van der Waals surface area contributed by atoms with Gasteiger partial charge < -0.3 is 15.0 Å². The first-order valence-electron chi connectivity index (χ1n) is 9.44. The van der Waals surface area contributed by atoms with Gasteiger partial charge in [-0.1, -0.05) is 41.9 Å². The number of amides is 1. The molecule has 2 aromatic carbocycles. The normalized spacial score (nSPS) is 19.0. The molecule has 1 fully saturated rings. The Bertz CT molecular complexity index is 982. The zero-order chi connectivity index (χ0) is 20.2. The molecule has 1 aliphatic rings. The van der Waals surface area contributed by atoms with Crippen LogP contribution in [0.3, 0.4) is 0 Å². The topological polar surface area (TPSA) is 67.3 Å². The summed E-state index contributed by atoms with van der Waals surface area (Å²) in [5.74, 6) is 0.422. The Morgan fingerprint density at radius 2 is 1.93 bits per heavy atom. The Balaban J connectivity index is 1.47. The van der Waals surface area contributed by atoms with Gasteiger partial charge in [0.1, 0.15) is 6.10 Å². The van der Waals surface area contributed by atoms with Crippen LogP contribution in [-0.4, -0.2) is 35.3 Å². The van der Waals surface area contributed by atoms with Crippen LogP contribution in [0, 0.1) is 0 Å². The quantitative estimate of drug-likeness (QED) is 0.695. The lowest BCUT2D eigenvalue weighted by molar-refractivity contribution is 0.0212. The van der Waals surface area contributed by atoms with Crippen LogP contribution in [0.1, 0.15) is 29.1 Å². The Morgan fingerprint density at radius 3 is 2.66 bits per heavy atom. The molecule has 0 radical (unpaired) electrons. The number of halogens is 1. The number of para-hydroxylation sites is 1. The fraction of sp³-hybridized carbons (Fsp3) is 0.227. The van der Waals surface area contributed by atoms with Gasteiger partial charge >= 0.3 is 0 Å². The van der Waals surface area contributed by atoms with E-state index in [2.05, 4.69) is 27.3 Å². The van der Waals surface area contributed by atoms with E-state index in [0.29, 0.717) is 24.0 Å². The Labute approximate surface area is 174 Å². The number of hydrogen-bond donors (Lipinski definition) is 1. The molecule has 1 N–H and O–H groups in total. The SMILES string of the molecule is CC1COC(c2cccc(Cl)c2)CN1c1ccc(C(=O)Nc2ccccc2)nn1. The molecule has 148 valence electrons. The average molecular weight is 409 g/mol. The first kappa shape index (κ1) is 19.4. The minimum Gasteiger partial charge on any atom is -0.370 e. The minimum atomic E-state index is -0.290. The van der Waals surface area contributed by atoms with E-state index >= 15 is 0 Å². The molecule has 0 aliphatic carbocycles. The van der Waals surface area contributed by atoms with Gasteiger partial charge in [0.15, 0.2) is 11.5 Å². The van der Waals surface area contributed by atoms with Crippen molar-refractivity contribution in [3.63, 3.8) is 0 Å². The van der Waals surface area contributed by atoms with Crippen molar-refractivity contribution in [3.8, 4) is 0 Å². The second-order valence-electron chi connectivity index (χ2n) is 6.98. The van der Waals surface area contributed by atoms with Crippen molar-refractivity contribution < 1.29 is 9.53 Å². The molecule has 2 atom stereocenters. The second-order valence-corrected chi connectivity index (χ2v) is 7.41. The van der Waals surface area contributed by atoms with Gasteiger partial charge in [0.05, 0.1) is 19.2 Å². The molecule has 1 saturated heterocycles. The van der Waals surface area contributed by atoms with Crippen molar-refractivity contribution in [3.05, 3.63) is 83.0 Å². The lowest BCUT2D eigenvalue weighted by Crippen LogP contribution is -2.45. The first-order chi connectivity index (χ1) is 14.1. The number of hydrogen-bond acceptors (Lipinski definition) is 5. The van der Waals surface area contributed by atoms with Crippen LogP contribution >= 0.6 is 11.6 Å². The van der Waals surface area contributed by atoms with Crippen LogP contribution in [0.2, 0.25) is 5.02 Å². The lowest BCUT2D eigenvalue weighted by atomic mass is 10.1. The fourth-order valence-corrected chi connectivity index (χ4v) is 3.50. The number of benzene rings is 2. The minimum absolute atomic E-state index is 0.104. The van der Waals surface area contributed by atoms with Crippen molar-refractivity contribution in [2.24, 2.45) is 0 Å². The Morgan fingerprint density at radius 1 is 1.10 bits per heavy atom. The summed E-state index contributed by atoms with van der Waals surface area (Å²) < 4.78 is 6.00. The molecule has 2 heterocycles. The first-order valence-corrected chi connectivity index (χ1v) is 9.82. The highest BCUT2D eigenvalue weighted by molar-refractivity contribution is 6.30. The van der Waals surface area contributed by atoms with Gasteiger partial charge in [0.25, 0.3) is 5.91 Å². The molecule has 1 aliphatic heterocycles. The molecule has 2 unspecified atom stereocenters. The van der Waals surface area contributed by atoms with Gasteiger partial charge in [-0.2, -0.15) is 0 Å². The van der Waals surface area contributed by atoms with E-state index in [9.17, 15) is 4.79 Å². The maximum Gasteiger partial charge on any atom is 0.276 e. The van der Waals surface area contributed by atoms with Crippen molar-refractivity contribution in [2.45, 2.75) is 19.1 Å². The molecule has 6 nitrogen and oxygen atoms in total. The number of ether oxygens (including phenoxy) is 1. The molecule has 7 heteroatoms. The summed E-state index contributed by atoms with van der Waals surface area (Å²) in [6, 6.07) is 20.6. The largest absolute Gasteiger partial charge is 0.370 e. The summed E-state index contributed by atoms with van der Waals surface area (Å²) in [7, 11) is 0. The van der Waals surface area contributed by atoms with Crippen molar-refractivity contribution >= 4 is 29.0 Å². The number of carbonyl (C=O) groups is 1. The van der Waals surface area contributed by atoms with Crippen LogP contribution in [0.25, 0.3) is 0 Å². The maximum absolute atomic E-state index is 12.4. The predicted octanol–water partition coefficient (Wildman–Crippen LogP) is 4.35. The van der Waals surface area contributed by atoms with Gasteiger partial charge in [-0.25, -0.2) is 0 Å². The summed E-state index contributed by atoms with van der Waals surface area (Å²) in [6.07, 6.45) is -0.104. The van der Waals surface area contributed by atoms with E-state index in [0.717, 1.165) is 11.3 Å². The van der Waals surface area contributed by atoms with E-state index in [1.54, 1.807) is 6.07 Å². The summed E-state index contributed by atoms with van der Waals surface area (Å²) in [5.41, 5.74) is 2.01. The third-order valence-electron chi connectivity index (χ3n) is 4.86. The molecule has 1 amide bonds. The van der Waals surface area contributed by atoms with Crippen molar-refractivity contribution in [1.29, 1.82) is 0 Å². The molecule has 1 aromatic heterocycles. The zero-order valence-electron chi connectivity index (χ0n) is 16.0. The number of rotatable bonds is 4. The number of nitrogens with one attached hydrogen (secondary N) is 1. The number of carbonyl (C=O) groups excluding carboxylic acids is 1. The molecule has 0 spiro atoms. The van der Waals surface area contributed by atoms with Crippen molar-refractivity contribution in [1.82, 2.24) is 10.2 Å². The highest BCUT2D eigenvalue weighted by Crippen LogP contribution is 2.29. The van der Waals surface area contributed by atoms with Crippen LogP contribution in [-0.2, 0) is 4.74 Å². The smallest absolute Gasteiger partial charge is 0.276 e. The van der Waals surface area contributed by atoms with Gasteiger partial charge in [-0.05, 0) is 48.9 Å². The van der Waals surface area contributed by atoms with Gasteiger partial charge in [0, 0.05) is 10.7 Å². The maximum atomic E-state index is 12.4. The van der Waals surface area contributed by atoms with E-state index in [4.69, 9.17) is 16.3 Å². The lowest BCUT2D eigenvalue weighted by Gasteiger charge is -2.38. The standard InChI is InChI=1S/C22H21ClN4O2/c1-15-14-29-20(16-6-5-7-17(23)12-16)13-27(15)21-11-10-19(25-26-21)22(28)24-18-8-3-2-4-9-18/h2-12,15,20H,13-14H2,1H3,(H,24,28). The second kappa shape index (κ2) is 8.59. The summed E-state index contributed by atoms with van der Waals surface area (Å²) in [6.45, 7) is 3.27. The number of nitrogens with zero attached hydrogens (tertiary/aromatic N) is 3. The number of anilines is 2. The summed E-state index contributed by atoms with van der Waals surface area (Å²) in [5, 5.41) is 11.9. The predicted molar refractivity (Wildman–Crippen MR) is 113 cm³/mol. The van der Waals surface area contributed by atoms with Gasteiger partial charge in [-0.15, -0.1) is 10.2 Å². The van der Waals surface area contributed by atoms with E-state index < -0.39 is 0 Å². The van der Waals surface area contributed by atoms with Crippen molar-refractivity contribution in [2.75, 3.05) is 23.4 Å². The molecule has 0 bridgehead atoms. The molecule has 3 aromatic rings. The van der Waals surface area contributed by atoms with Crippen LogP contribution in [0.4, 0.5) is 11.5 Å². The molecule has 29 heavy (non-hydrogen) atoms. The Hall–Kier alpha value is -2.96. The third kappa shape index (κ3) is 4.55. The highest BCUT2D eigenvalue weighted by atomic mass is 35.5. The summed E-state index contributed by atoms with van der Waals surface area (Å²) in [4.78, 5) is 14.5. The Kier molecular flexibility index (Phi) is 5.74. The third-order valence-corrected chi connectivity index (χ3v) is 5.10. The average Bonchev–Trinajstić information content (AvgIpc) is 2.75. The van der Waals surface area contributed by atoms with Gasteiger partial charge in [0.2, 0.25) is 0 Å². The van der Waals surface area contributed by atoms with E-state index in [-0.39, 0.29) is 23.7 Å².